The summed E-state index contributed by atoms with van der Waals surface area (Å²) in [5.74, 6) is 0. The van der Waals surface area contributed by atoms with Crippen LogP contribution in [0.3, 0.4) is 0 Å². The van der Waals surface area contributed by atoms with Crippen molar-refractivity contribution in [3.05, 3.63) is 70.3 Å². The number of nitriles is 2. The Hall–Kier alpha value is -3.76. The predicted octanol–water partition coefficient (Wildman–Crippen LogP) is 6.71. The fourth-order valence-corrected chi connectivity index (χ4v) is 6.08. The standard InChI is InChI=1S/C28H24N4/c1-16-4-7-19(8-5-16)31-20-9-10-21(13-20)32-25-11-6-17(2)12-22(25)26-24(15-30)23(14-29)18(3)27(31)28(26)32/h4-8,11-12,20-21H,9-10,13H2,1-3H3. The first-order chi connectivity index (χ1) is 15.5. The number of nitrogens with zero attached hydrogens (tertiary/aromatic N) is 4. The van der Waals surface area contributed by atoms with Crippen molar-refractivity contribution in [2.24, 2.45) is 0 Å². The molecule has 0 spiro atoms. The van der Waals surface area contributed by atoms with Crippen molar-refractivity contribution in [3.8, 4) is 12.1 Å². The van der Waals surface area contributed by atoms with E-state index in [2.05, 4.69) is 77.9 Å². The summed E-state index contributed by atoms with van der Waals surface area (Å²) >= 11 is 0. The summed E-state index contributed by atoms with van der Waals surface area (Å²) in [6, 6.07) is 20.8. The average molecular weight is 417 g/mol. The van der Waals surface area contributed by atoms with Crippen molar-refractivity contribution in [2.75, 3.05) is 4.90 Å². The van der Waals surface area contributed by atoms with Gasteiger partial charge in [0.05, 0.1) is 22.3 Å². The number of aryl methyl sites for hydroxylation is 2. The van der Waals surface area contributed by atoms with E-state index in [1.807, 2.05) is 6.92 Å². The first-order valence-corrected chi connectivity index (χ1v) is 11.3. The summed E-state index contributed by atoms with van der Waals surface area (Å²) in [7, 11) is 0. The molecule has 156 valence electrons. The van der Waals surface area contributed by atoms with Crippen LogP contribution in [0, 0.1) is 43.4 Å². The second kappa shape index (κ2) is 6.62. The van der Waals surface area contributed by atoms with Crippen LogP contribution >= 0.6 is 0 Å². The molecular formula is C28H24N4. The molecule has 4 nitrogen and oxygen atoms in total. The highest BCUT2D eigenvalue weighted by Crippen LogP contribution is 2.52. The molecule has 2 bridgehead atoms. The van der Waals surface area contributed by atoms with Crippen molar-refractivity contribution >= 4 is 33.2 Å². The van der Waals surface area contributed by atoms with Gasteiger partial charge in [0.2, 0.25) is 0 Å². The number of aromatic nitrogens is 1. The maximum absolute atomic E-state index is 10.2. The van der Waals surface area contributed by atoms with Crippen molar-refractivity contribution in [2.45, 2.75) is 52.1 Å². The zero-order chi connectivity index (χ0) is 22.1. The van der Waals surface area contributed by atoms with E-state index in [0.29, 0.717) is 23.2 Å². The van der Waals surface area contributed by atoms with E-state index >= 15 is 0 Å². The van der Waals surface area contributed by atoms with E-state index in [1.54, 1.807) is 0 Å². The lowest BCUT2D eigenvalue weighted by Gasteiger charge is -2.33. The molecule has 0 radical (unpaired) electrons. The summed E-state index contributed by atoms with van der Waals surface area (Å²) in [6.07, 6.45) is 3.31. The summed E-state index contributed by atoms with van der Waals surface area (Å²) in [4.78, 5) is 2.47. The molecule has 4 aromatic rings. The van der Waals surface area contributed by atoms with Crippen LogP contribution in [0.25, 0.3) is 21.8 Å². The Morgan fingerprint density at radius 2 is 1.53 bits per heavy atom. The van der Waals surface area contributed by atoms with Crippen LogP contribution in [-0.4, -0.2) is 10.6 Å². The van der Waals surface area contributed by atoms with E-state index < -0.39 is 0 Å². The van der Waals surface area contributed by atoms with Crippen molar-refractivity contribution in [1.29, 1.82) is 10.5 Å². The Morgan fingerprint density at radius 1 is 0.844 bits per heavy atom. The number of hydrogen-bond acceptors (Lipinski definition) is 3. The van der Waals surface area contributed by atoms with Crippen LogP contribution in [0.4, 0.5) is 11.4 Å². The smallest absolute Gasteiger partial charge is 0.101 e. The van der Waals surface area contributed by atoms with Crippen LogP contribution in [0.15, 0.2) is 42.5 Å². The van der Waals surface area contributed by atoms with Crippen molar-refractivity contribution < 1.29 is 0 Å². The Kier molecular flexibility index (Phi) is 3.92. The van der Waals surface area contributed by atoms with Gasteiger partial charge in [-0.05, 0) is 69.9 Å². The Labute approximate surface area is 187 Å². The van der Waals surface area contributed by atoms with Gasteiger partial charge < -0.3 is 9.47 Å². The quantitative estimate of drug-likeness (QED) is 0.346. The average Bonchev–Trinajstić information content (AvgIpc) is 3.34. The molecule has 2 heterocycles. The van der Waals surface area contributed by atoms with Gasteiger partial charge in [0.15, 0.2) is 0 Å². The third-order valence-corrected chi connectivity index (χ3v) is 7.50. The zero-order valence-electron chi connectivity index (χ0n) is 18.6. The lowest BCUT2D eigenvalue weighted by molar-refractivity contribution is 0.546. The first kappa shape index (κ1) is 19.0. The molecule has 6 rings (SSSR count). The molecule has 1 fully saturated rings. The second-order valence-corrected chi connectivity index (χ2v) is 9.39. The topological polar surface area (TPSA) is 55.8 Å². The largest absolute Gasteiger partial charge is 0.336 e. The molecule has 1 aromatic heterocycles. The number of rotatable bonds is 1. The van der Waals surface area contributed by atoms with Gasteiger partial charge in [0.1, 0.15) is 12.1 Å². The van der Waals surface area contributed by atoms with Gasteiger partial charge in [0.25, 0.3) is 0 Å². The maximum Gasteiger partial charge on any atom is 0.101 e. The summed E-state index contributed by atoms with van der Waals surface area (Å²) in [5.41, 5.74) is 8.88. The van der Waals surface area contributed by atoms with E-state index in [-0.39, 0.29) is 0 Å². The fraction of sp³-hybridized carbons (Fsp3) is 0.286. The highest BCUT2D eigenvalue weighted by atomic mass is 15.2. The lowest BCUT2D eigenvalue weighted by Crippen LogP contribution is -2.29. The van der Waals surface area contributed by atoms with Crippen LogP contribution in [0.5, 0.6) is 0 Å². The molecule has 4 heteroatoms. The molecule has 2 aliphatic rings. The van der Waals surface area contributed by atoms with E-state index in [1.165, 1.54) is 11.1 Å². The van der Waals surface area contributed by atoms with Crippen LogP contribution in [0.2, 0.25) is 0 Å². The Bertz CT molecular complexity index is 1510. The molecule has 32 heavy (non-hydrogen) atoms. The van der Waals surface area contributed by atoms with Gasteiger partial charge >= 0.3 is 0 Å². The minimum absolute atomic E-state index is 0.379. The Balaban J connectivity index is 1.86. The summed E-state index contributed by atoms with van der Waals surface area (Å²) in [6.45, 7) is 6.21. The third kappa shape index (κ3) is 2.36. The first-order valence-electron chi connectivity index (χ1n) is 11.3. The minimum atomic E-state index is 0.379. The lowest BCUT2D eigenvalue weighted by atomic mass is 9.94. The number of benzene rings is 3. The number of anilines is 2. The minimum Gasteiger partial charge on any atom is -0.336 e. The second-order valence-electron chi connectivity index (χ2n) is 9.39. The highest BCUT2D eigenvalue weighted by Gasteiger charge is 2.40. The Morgan fingerprint density at radius 3 is 2.25 bits per heavy atom. The molecule has 0 saturated heterocycles. The molecule has 0 N–H and O–H groups in total. The zero-order valence-corrected chi connectivity index (χ0v) is 18.6. The van der Waals surface area contributed by atoms with Gasteiger partial charge in [-0.2, -0.15) is 10.5 Å². The van der Waals surface area contributed by atoms with E-state index in [9.17, 15) is 10.5 Å². The SMILES string of the molecule is Cc1ccc(N2c3c(C)c(C#N)c(C#N)c4c5cc(C)ccc5n(c34)C3CCC2C3)cc1. The molecule has 1 aliphatic carbocycles. The monoisotopic (exact) mass is 416 g/mol. The van der Waals surface area contributed by atoms with E-state index in [0.717, 1.165) is 58.1 Å². The molecule has 0 amide bonds. The van der Waals surface area contributed by atoms with Crippen molar-refractivity contribution in [3.63, 3.8) is 0 Å². The van der Waals surface area contributed by atoms with Gasteiger partial charge in [-0.25, -0.2) is 0 Å². The van der Waals surface area contributed by atoms with Gasteiger partial charge in [-0.15, -0.1) is 0 Å². The van der Waals surface area contributed by atoms with E-state index in [4.69, 9.17) is 0 Å². The summed E-state index contributed by atoms with van der Waals surface area (Å²) in [5, 5.41) is 22.3. The fourth-order valence-electron chi connectivity index (χ4n) is 6.08. The highest BCUT2D eigenvalue weighted by molar-refractivity contribution is 6.17. The van der Waals surface area contributed by atoms with Crippen LogP contribution in [-0.2, 0) is 0 Å². The molecule has 2 atom stereocenters. The number of fused-ring (bicyclic) bond motifs is 6. The van der Waals surface area contributed by atoms with Gasteiger partial charge in [-0.3, -0.25) is 0 Å². The molecule has 1 saturated carbocycles. The molecule has 1 aliphatic heterocycles. The molecular weight excluding hydrogens is 392 g/mol. The molecule has 2 unspecified atom stereocenters. The van der Waals surface area contributed by atoms with Gasteiger partial charge in [0, 0.05) is 34.1 Å². The third-order valence-electron chi connectivity index (χ3n) is 7.50. The van der Waals surface area contributed by atoms with Crippen molar-refractivity contribution in [1.82, 2.24) is 4.57 Å². The van der Waals surface area contributed by atoms with Gasteiger partial charge in [-0.1, -0.05) is 29.3 Å². The maximum atomic E-state index is 10.2. The predicted molar refractivity (Wildman–Crippen MR) is 128 cm³/mol. The van der Waals surface area contributed by atoms with Crippen LogP contribution < -0.4 is 4.90 Å². The normalized spacial score (nSPS) is 19.2. The number of hydrogen-bond donors (Lipinski definition) is 0. The summed E-state index contributed by atoms with van der Waals surface area (Å²) < 4.78 is 2.49. The van der Waals surface area contributed by atoms with Crippen LogP contribution in [0.1, 0.15) is 53.1 Å². The molecule has 3 aromatic carbocycles.